The van der Waals surface area contributed by atoms with Crippen molar-refractivity contribution in [1.29, 1.82) is 0 Å². The van der Waals surface area contributed by atoms with E-state index in [1.54, 1.807) is 12.4 Å². The van der Waals surface area contributed by atoms with Crippen molar-refractivity contribution in [1.82, 2.24) is 66.3 Å². The van der Waals surface area contributed by atoms with E-state index in [9.17, 15) is 0 Å². The van der Waals surface area contributed by atoms with Crippen molar-refractivity contribution in [3.05, 3.63) is 410 Å². The number of nitrogens with zero attached hydrogens (tertiary/aromatic N) is 14. The molecular weight excluding hydrogens is 2790 g/mol. The van der Waals surface area contributed by atoms with E-state index in [4.69, 9.17) is 4.98 Å². The molecule has 14 aromatic carbocycles. The first-order valence-electron chi connectivity index (χ1n) is 45.7. The quantitative estimate of drug-likeness (QED) is 0.126. The Balaban J connectivity index is 0.000000121. The maximum atomic E-state index is 4.71. The van der Waals surface area contributed by atoms with Gasteiger partial charge in [-0.25, -0.2) is 9.97 Å². The molecule has 0 saturated heterocycles. The minimum absolute atomic E-state index is 0. The van der Waals surface area contributed by atoms with Crippen molar-refractivity contribution >= 4 is 175 Å². The average molecular weight is 2890 g/mol. The molecule has 27 rings (SSSR count). The molecule has 0 aliphatic carbocycles. The molecule has 140 heavy (non-hydrogen) atoms. The standard InChI is InChI=1S/C24H19N2.C23H17N2.C20H15N4.C19H17N2.2C17H13N2.6Ir/c1-16(2)17-7-9-18(10-8-17)19-11-12-23-22(15-19)20-5-3-4-6-21(20)24-25-13-14-26(23)24;1-15-6-5-7-16(2)22(15)17-10-11-21-20(14-17)18-8-3-4-9-19(18)23-24-12-13-25(21)23;1-12(2)13-7-8-17-16(11-13)14-5-3-4-6-15(14)19-23-18-20(24(17)19)22-10-9-21-18;1-19(2,3)13-8-9-17-16(12-13)14-6-4-5-7-15(14)18-20-10-11-21(17)18;1-11-9-15-13-5-3-4-6-14(13)17-18-7-8-19(17)16(15)10-12(11)2;1-11-9-12(2)16-15(10-11)13-5-3-4-6-14(13)17-18-7-8-19(16)17;;;;;;/h3-5,7-16H,1-2H3;3-8,10-14H,1-2H3;3-5,7-12H,1-2H3;4-6,8-12H,1-3H3;2*3-5,7-10H,1-2H3;;;;;;/q6*-1;;;;;;. The minimum Gasteiger partial charge on any atom is -0.340 e. The molecule has 20 heteroatoms. The second-order valence-electron chi connectivity index (χ2n) is 36.7. The van der Waals surface area contributed by atoms with Crippen LogP contribution in [0.25, 0.3) is 197 Å². The Morgan fingerprint density at radius 1 is 0.264 bits per heavy atom. The van der Waals surface area contributed by atoms with Gasteiger partial charge in [-0.15, -0.1) is 178 Å². The van der Waals surface area contributed by atoms with E-state index >= 15 is 0 Å². The van der Waals surface area contributed by atoms with Gasteiger partial charge in [-0.05, 0) is 188 Å². The summed E-state index contributed by atoms with van der Waals surface area (Å²) in [6.45, 7) is 28.6. The van der Waals surface area contributed by atoms with Crippen molar-refractivity contribution in [2.75, 3.05) is 0 Å². The molecule has 13 heterocycles. The molecule has 0 bridgehead atoms. The van der Waals surface area contributed by atoms with Gasteiger partial charge in [0.05, 0.1) is 33.9 Å². The van der Waals surface area contributed by atoms with Gasteiger partial charge in [-0.2, -0.15) is 0 Å². The third kappa shape index (κ3) is 18.1. The molecule has 0 saturated carbocycles. The summed E-state index contributed by atoms with van der Waals surface area (Å²) in [5, 5.41) is 21.1. The van der Waals surface area contributed by atoms with Crippen LogP contribution < -0.4 is 0 Å². The summed E-state index contributed by atoms with van der Waals surface area (Å²) in [5.74, 6) is 1.03. The molecule has 14 nitrogen and oxygen atoms in total. The molecule has 704 valence electrons. The van der Waals surface area contributed by atoms with Gasteiger partial charge >= 0.3 is 0 Å². The number of fused-ring (bicyclic) bond motifs is 38. The van der Waals surface area contributed by atoms with Crippen LogP contribution in [0.3, 0.4) is 0 Å². The van der Waals surface area contributed by atoms with E-state index in [1.807, 2.05) is 135 Å². The summed E-state index contributed by atoms with van der Waals surface area (Å²) in [6, 6.07) is 108. The Hall–Kier alpha value is -12.4. The number of pyridine rings is 6. The van der Waals surface area contributed by atoms with E-state index in [2.05, 4.69) is 364 Å². The minimum atomic E-state index is 0. The first kappa shape index (κ1) is 101. The molecule has 13 aromatic heterocycles. The number of hydrogen-bond donors (Lipinski definition) is 0. The smallest absolute Gasteiger partial charge is 0.188 e. The second-order valence-corrected chi connectivity index (χ2v) is 36.7. The van der Waals surface area contributed by atoms with Gasteiger partial charge < -0.3 is 26.4 Å². The number of aryl methyl sites for hydroxylation is 6. The SMILES string of the molecule is CC(C)(C)c1ccc2c(c1)c1ccc[c-]c1c1nccn21.CC(C)c1ccc(-c2ccc3c(c2)c2ccc[c-]c2c2nccn32)cc1.CC(C)c1ccc2c(c1)c1ccc[c-]c1c1nc3nccnc3n21.Cc1cc(C)c2c(c1)c1ccc[c-]c1c1nccn12.Cc1cc2c3ccc[c-]c3c3nccn3c2cc1C.Cc1cccc(C)c1-c1ccc2c(c1)c1ccc[c-]c1c1nccn21.[Ir].[Ir].[Ir].[Ir].[Ir].[Ir]. The van der Waals surface area contributed by atoms with Crippen LogP contribution in [-0.2, 0) is 126 Å². The van der Waals surface area contributed by atoms with Gasteiger partial charge in [0.25, 0.3) is 0 Å². The fraction of sp³-hybridized carbons (Fsp3) is 0.133. The zero-order valence-corrected chi connectivity index (χ0v) is 93.4. The molecule has 0 fully saturated rings. The van der Waals surface area contributed by atoms with E-state index in [1.165, 1.54) is 159 Å². The molecule has 0 unspecified atom stereocenters. The zero-order valence-electron chi connectivity index (χ0n) is 79.0. The number of hydrogen-bond acceptors (Lipinski definition) is 8. The Bertz CT molecular complexity index is 9370. The molecule has 6 radical (unpaired) electrons. The third-order valence-electron chi connectivity index (χ3n) is 26.5. The van der Waals surface area contributed by atoms with E-state index in [-0.39, 0.29) is 126 Å². The summed E-state index contributed by atoms with van der Waals surface area (Å²) < 4.78 is 12.9. The first-order chi connectivity index (χ1) is 65.3. The van der Waals surface area contributed by atoms with Crippen molar-refractivity contribution in [2.45, 2.75) is 107 Å². The van der Waals surface area contributed by atoms with Crippen molar-refractivity contribution in [2.24, 2.45) is 0 Å². The number of rotatable bonds is 4. The molecule has 0 amide bonds. The van der Waals surface area contributed by atoms with Crippen LogP contribution in [0.4, 0.5) is 0 Å². The first-order valence-corrected chi connectivity index (χ1v) is 45.7. The molecular formula is C120H94Ir6N14-6. The Kier molecular flexibility index (Phi) is 29.7. The van der Waals surface area contributed by atoms with Crippen LogP contribution in [0, 0.1) is 77.9 Å². The van der Waals surface area contributed by atoms with Crippen LogP contribution in [-0.4, -0.2) is 66.3 Å². The predicted molar refractivity (Wildman–Crippen MR) is 554 cm³/mol. The Labute approximate surface area is 892 Å². The van der Waals surface area contributed by atoms with Gasteiger partial charge in [0.1, 0.15) is 0 Å². The summed E-state index contributed by atoms with van der Waals surface area (Å²) in [7, 11) is 0. The number of aromatic nitrogens is 14. The number of benzene rings is 14. The average Bonchev–Trinajstić information content (AvgIpc) is 1.51. The largest absolute Gasteiger partial charge is 0.340 e. The molecule has 0 atom stereocenters. The normalized spacial score (nSPS) is 11.4. The summed E-state index contributed by atoms with van der Waals surface area (Å²) >= 11 is 0. The van der Waals surface area contributed by atoms with Crippen molar-refractivity contribution in [3.63, 3.8) is 0 Å². The molecule has 0 aliphatic heterocycles. The topological polar surface area (TPSA) is 130 Å². The third-order valence-corrected chi connectivity index (χ3v) is 26.5. The van der Waals surface area contributed by atoms with Crippen molar-refractivity contribution in [3.8, 4) is 22.3 Å². The fourth-order valence-electron chi connectivity index (χ4n) is 19.7. The Morgan fingerprint density at radius 3 is 1.10 bits per heavy atom. The van der Waals surface area contributed by atoms with Crippen LogP contribution in [0.5, 0.6) is 0 Å². The maximum Gasteiger partial charge on any atom is 0.188 e. The van der Waals surface area contributed by atoms with Crippen LogP contribution in [0.15, 0.2) is 323 Å². The van der Waals surface area contributed by atoms with Gasteiger partial charge in [-0.1, -0.05) is 196 Å². The fourth-order valence-corrected chi connectivity index (χ4v) is 19.7. The summed E-state index contributed by atoms with van der Waals surface area (Å²) in [4.78, 5) is 36.1. The van der Waals surface area contributed by atoms with Crippen LogP contribution >= 0.6 is 0 Å². The van der Waals surface area contributed by atoms with E-state index in [0.29, 0.717) is 17.5 Å². The predicted octanol–water partition coefficient (Wildman–Crippen LogP) is 29.3. The molecule has 0 spiro atoms. The monoisotopic (exact) mass is 2890 g/mol. The molecule has 0 N–H and O–H groups in total. The van der Waals surface area contributed by atoms with E-state index < -0.39 is 0 Å². The second kappa shape index (κ2) is 41.4. The van der Waals surface area contributed by atoms with Gasteiger partial charge in [0, 0.05) is 228 Å². The Morgan fingerprint density at radius 2 is 0.629 bits per heavy atom. The summed E-state index contributed by atoms with van der Waals surface area (Å²) in [5.41, 5.74) is 31.3. The van der Waals surface area contributed by atoms with Crippen LogP contribution in [0.1, 0.15) is 110 Å². The van der Waals surface area contributed by atoms with Crippen molar-refractivity contribution < 1.29 is 121 Å². The number of imidazole rings is 6. The van der Waals surface area contributed by atoms with Gasteiger partial charge in [0.2, 0.25) is 0 Å². The van der Waals surface area contributed by atoms with Gasteiger partial charge in [-0.3, -0.25) is 29.9 Å². The van der Waals surface area contributed by atoms with Gasteiger partial charge in [0.15, 0.2) is 11.3 Å². The van der Waals surface area contributed by atoms with E-state index in [0.717, 1.165) is 82.8 Å². The molecule has 27 aromatic rings. The van der Waals surface area contributed by atoms with Crippen LogP contribution in [0.2, 0.25) is 0 Å². The maximum absolute atomic E-state index is 4.71. The zero-order chi connectivity index (χ0) is 91.5. The molecule has 0 aliphatic rings. The summed E-state index contributed by atoms with van der Waals surface area (Å²) in [6.07, 6.45) is 22.8.